The van der Waals surface area contributed by atoms with Crippen molar-refractivity contribution in [2.45, 2.75) is 51.8 Å². The van der Waals surface area contributed by atoms with E-state index in [2.05, 4.69) is 29.2 Å². The van der Waals surface area contributed by atoms with Crippen LogP contribution in [0.2, 0.25) is 0 Å². The molecule has 0 bridgehead atoms. The Morgan fingerprint density at radius 2 is 2.10 bits per heavy atom. The molecule has 1 aliphatic rings. The van der Waals surface area contributed by atoms with E-state index in [9.17, 15) is 0 Å². The summed E-state index contributed by atoms with van der Waals surface area (Å²) in [6.45, 7) is 7.03. The number of nitrogens with zero attached hydrogens (tertiary/aromatic N) is 2. The largest absolute Gasteiger partial charge is 0.473 e. The van der Waals surface area contributed by atoms with E-state index in [-0.39, 0.29) is 6.10 Å². The van der Waals surface area contributed by atoms with Crippen LogP contribution in [0.4, 0.5) is 11.5 Å². The summed E-state index contributed by atoms with van der Waals surface area (Å²) >= 11 is 0. The van der Waals surface area contributed by atoms with Crippen molar-refractivity contribution in [1.29, 1.82) is 0 Å². The topological polar surface area (TPSA) is 63.4 Å². The van der Waals surface area contributed by atoms with E-state index in [4.69, 9.17) is 10.5 Å². The Labute approximate surface area is 121 Å². The highest BCUT2D eigenvalue weighted by Gasteiger charge is 2.28. The molecular formula is C15H26N4O. The van der Waals surface area contributed by atoms with Crippen molar-refractivity contribution in [3.05, 3.63) is 12.1 Å². The quantitative estimate of drug-likeness (QED) is 0.801. The fraction of sp³-hybridized carbons (Fsp3) is 0.667. The normalized spacial score (nSPS) is 16.5. The molecule has 1 aromatic heterocycles. The Kier molecular flexibility index (Phi) is 4.70. The summed E-state index contributed by atoms with van der Waals surface area (Å²) in [7, 11) is 2.19. The van der Waals surface area contributed by atoms with Gasteiger partial charge in [0, 0.05) is 18.6 Å². The number of nitrogens with one attached hydrogen (secondary N) is 1. The number of pyridine rings is 1. The molecule has 5 nitrogen and oxygen atoms in total. The third-order valence-corrected chi connectivity index (χ3v) is 3.63. The highest BCUT2D eigenvalue weighted by molar-refractivity contribution is 5.53. The van der Waals surface area contributed by atoms with Crippen LogP contribution >= 0.6 is 0 Å². The monoisotopic (exact) mass is 278 g/mol. The van der Waals surface area contributed by atoms with Crippen LogP contribution in [0.3, 0.4) is 0 Å². The lowest BCUT2D eigenvalue weighted by atomic mass is 10.3. The van der Waals surface area contributed by atoms with E-state index in [0.29, 0.717) is 17.6 Å². The van der Waals surface area contributed by atoms with Gasteiger partial charge in [-0.2, -0.15) is 4.98 Å². The number of hydrogen-bond donors (Lipinski definition) is 2. The molecule has 20 heavy (non-hydrogen) atoms. The second-order valence-corrected chi connectivity index (χ2v) is 5.88. The minimum Gasteiger partial charge on any atom is -0.473 e. The molecule has 1 heterocycles. The van der Waals surface area contributed by atoms with E-state index in [1.165, 1.54) is 12.8 Å². The smallest absolute Gasteiger partial charge is 0.239 e. The zero-order valence-electron chi connectivity index (χ0n) is 12.9. The highest BCUT2D eigenvalue weighted by atomic mass is 16.5. The molecule has 0 saturated heterocycles. The Bertz CT molecular complexity index is 445. The third-order valence-electron chi connectivity index (χ3n) is 3.63. The number of nitrogen functional groups attached to an aromatic ring is 1. The number of ether oxygens (including phenoxy) is 1. The van der Waals surface area contributed by atoms with Gasteiger partial charge in [0.05, 0.1) is 11.8 Å². The fourth-order valence-electron chi connectivity index (χ4n) is 2.11. The SMILES string of the molecule is CC(C)Oc1nc(NCC(C)N(C)C2CC2)ccc1N. The van der Waals surface area contributed by atoms with Gasteiger partial charge in [0.1, 0.15) is 5.82 Å². The molecule has 0 spiro atoms. The van der Waals surface area contributed by atoms with Crippen molar-refractivity contribution in [3.8, 4) is 5.88 Å². The molecule has 0 aliphatic heterocycles. The molecule has 1 saturated carbocycles. The molecule has 1 atom stereocenters. The van der Waals surface area contributed by atoms with Gasteiger partial charge in [0.25, 0.3) is 0 Å². The summed E-state index contributed by atoms with van der Waals surface area (Å²) in [5, 5.41) is 3.36. The molecule has 0 radical (unpaired) electrons. The molecule has 0 amide bonds. The van der Waals surface area contributed by atoms with E-state index in [1.54, 1.807) is 0 Å². The van der Waals surface area contributed by atoms with Crippen molar-refractivity contribution in [3.63, 3.8) is 0 Å². The first-order chi connectivity index (χ1) is 9.47. The summed E-state index contributed by atoms with van der Waals surface area (Å²) < 4.78 is 5.60. The van der Waals surface area contributed by atoms with Crippen LogP contribution in [0.5, 0.6) is 5.88 Å². The number of aromatic nitrogens is 1. The standard InChI is InChI=1S/C15H26N4O/c1-10(2)20-15-13(16)7-8-14(18-15)17-9-11(3)19(4)12-5-6-12/h7-8,10-12H,5-6,9,16H2,1-4H3,(H,17,18). The summed E-state index contributed by atoms with van der Waals surface area (Å²) in [6.07, 6.45) is 2.72. The first-order valence-electron chi connectivity index (χ1n) is 7.36. The molecule has 1 aromatic rings. The van der Waals surface area contributed by atoms with Gasteiger partial charge in [0.15, 0.2) is 0 Å². The molecule has 1 fully saturated rings. The van der Waals surface area contributed by atoms with E-state index in [0.717, 1.165) is 18.4 Å². The molecule has 1 unspecified atom stereocenters. The van der Waals surface area contributed by atoms with Crippen LogP contribution in [0.1, 0.15) is 33.6 Å². The van der Waals surface area contributed by atoms with Gasteiger partial charge in [-0.1, -0.05) is 0 Å². The lowest BCUT2D eigenvalue weighted by Gasteiger charge is -2.25. The summed E-state index contributed by atoms with van der Waals surface area (Å²) in [6, 6.07) is 4.98. The maximum Gasteiger partial charge on any atom is 0.239 e. The van der Waals surface area contributed by atoms with Crippen LogP contribution in [-0.2, 0) is 0 Å². The molecule has 2 rings (SSSR count). The summed E-state index contributed by atoms with van der Waals surface area (Å²) in [5.41, 5.74) is 6.44. The van der Waals surface area contributed by atoms with Gasteiger partial charge in [-0.15, -0.1) is 0 Å². The maximum atomic E-state index is 5.87. The number of rotatable bonds is 7. The van der Waals surface area contributed by atoms with Crippen molar-refractivity contribution < 1.29 is 4.74 Å². The van der Waals surface area contributed by atoms with Crippen LogP contribution in [0.15, 0.2) is 12.1 Å². The van der Waals surface area contributed by atoms with Crippen LogP contribution in [0, 0.1) is 0 Å². The van der Waals surface area contributed by atoms with Crippen LogP contribution in [-0.4, -0.2) is 41.7 Å². The average Bonchev–Trinajstić information content (AvgIpc) is 3.22. The number of anilines is 2. The summed E-state index contributed by atoms with van der Waals surface area (Å²) in [4.78, 5) is 6.85. The number of nitrogens with two attached hydrogens (primary N) is 1. The molecule has 0 aromatic carbocycles. The van der Waals surface area contributed by atoms with Gasteiger partial charge in [-0.25, -0.2) is 0 Å². The third kappa shape index (κ3) is 4.00. The lowest BCUT2D eigenvalue weighted by molar-refractivity contribution is 0.234. The summed E-state index contributed by atoms with van der Waals surface area (Å²) in [5.74, 6) is 1.32. The molecule has 3 N–H and O–H groups in total. The van der Waals surface area contributed by atoms with E-state index >= 15 is 0 Å². The van der Waals surface area contributed by atoms with Gasteiger partial charge < -0.3 is 15.8 Å². The predicted octanol–water partition coefficient (Wildman–Crippen LogP) is 2.35. The second kappa shape index (κ2) is 6.31. The number of hydrogen-bond acceptors (Lipinski definition) is 5. The minimum atomic E-state index is 0.0694. The zero-order valence-corrected chi connectivity index (χ0v) is 12.9. The van der Waals surface area contributed by atoms with E-state index in [1.807, 2.05) is 26.0 Å². The van der Waals surface area contributed by atoms with Gasteiger partial charge >= 0.3 is 0 Å². The molecule has 112 valence electrons. The zero-order chi connectivity index (χ0) is 14.7. The fourth-order valence-corrected chi connectivity index (χ4v) is 2.11. The van der Waals surface area contributed by atoms with Crippen molar-refractivity contribution >= 4 is 11.5 Å². The van der Waals surface area contributed by atoms with Crippen LogP contribution < -0.4 is 15.8 Å². The predicted molar refractivity (Wildman–Crippen MR) is 83.2 cm³/mol. The van der Waals surface area contributed by atoms with Gasteiger partial charge in [-0.3, -0.25) is 4.90 Å². The molecule has 1 aliphatic carbocycles. The van der Waals surface area contributed by atoms with Crippen molar-refractivity contribution in [2.75, 3.05) is 24.6 Å². The second-order valence-electron chi connectivity index (χ2n) is 5.88. The Morgan fingerprint density at radius 1 is 1.40 bits per heavy atom. The maximum absolute atomic E-state index is 5.87. The van der Waals surface area contributed by atoms with E-state index < -0.39 is 0 Å². The Hall–Kier alpha value is -1.49. The Balaban J connectivity index is 1.91. The number of likely N-dealkylation sites (N-methyl/N-ethyl adjacent to an activating group) is 1. The van der Waals surface area contributed by atoms with Gasteiger partial charge in [-0.05, 0) is 52.8 Å². The first-order valence-corrected chi connectivity index (χ1v) is 7.36. The first kappa shape index (κ1) is 14.9. The molecule has 5 heteroatoms. The Morgan fingerprint density at radius 3 is 2.70 bits per heavy atom. The minimum absolute atomic E-state index is 0.0694. The van der Waals surface area contributed by atoms with Crippen molar-refractivity contribution in [1.82, 2.24) is 9.88 Å². The van der Waals surface area contributed by atoms with Crippen LogP contribution in [0.25, 0.3) is 0 Å². The van der Waals surface area contributed by atoms with Crippen molar-refractivity contribution in [2.24, 2.45) is 0 Å². The molecular weight excluding hydrogens is 252 g/mol. The lowest BCUT2D eigenvalue weighted by Crippen LogP contribution is -2.36. The highest BCUT2D eigenvalue weighted by Crippen LogP contribution is 2.27. The average molecular weight is 278 g/mol. The van der Waals surface area contributed by atoms with Gasteiger partial charge in [0.2, 0.25) is 5.88 Å².